The number of hydrogen-bond donors (Lipinski definition) is 0. The van der Waals surface area contributed by atoms with Gasteiger partial charge < -0.3 is 23.7 Å². The molecular formula is C30H31N3O4. The predicted octanol–water partition coefficient (Wildman–Crippen LogP) is 5.53. The van der Waals surface area contributed by atoms with Crippen molar-refractivity contribution in [3.05, 3.63) is 78.1 Å². The van der Waals surface area contributed by atoms with Crippen LogP contribution in [0.3, 0.4) is 0 Å². The number of carbonyl (C=O) groups is 1. The van der Waals surface area contributed by atoms with Crippen LogP contribution in [0.4, 0.5) is 5.69 Å². The zero-order valence-corrected chi connectivity index (χ0v) is 21.2. The number of nitrogens with zero attached hydrogens (tertiary/aromatic N) is 3. The van der Waals surface area contributed by atoms with E-state index in [0.717, 1.165) is 34.0 Å². The zero-order chi connectivity index (χ0) is 25.4. The second-order valence-corrected chi connectivity index (χ2v) is 9.92. The van der Waals surface area contributed by atoms with Crippen LogP contribution in [0.1, 0.15) is 43.5 Å². The lowest BCUT2D eigenvalue weighted by Crippen LogP contribution is -2.25. The molecule has 0 N–H and O–H groups in total. The topological polar surface area (TPSA) is 65.8 Å². The van der Waals surface area contributed by atoms with Gasteiger partial charge in [-0.05, 0) is 47.9 Å². The molecule has 6 rings (SSSR count). The van der Waals surface area contributed by atoms with E-state index in [1.807, 2.05) is 53.4 Å². The summed E-state index contributed by atoms with van der Waals surface area (Å²) in [5.74, 6) is 3.75. The maximum atomic E-state index is 13.1. The van der Waals surface area contributed by atoms with Crippen LogP contribution in [0.15, 0.2) is 66.7 Å². The van der Waals surface area contributed by atoms with E-state index in [0.29, 0.717) is 51.0 Å². The Kier molecular flexibility index (Phi) is 6.20. The van der Waals surface area contributed by atoms with Crippen LogP contribution in [-0.4, -0.2) is 41.8 Å². The Morgan fingerprint density at radius 2 is 1.78 bits per heavy atom. The van der Waals surface area contributed by atoms with E-state index < -0.39 is 0 Å². The van der Waals surface area contributed by atoms with Gasteiger partial charge >= 0.3 is 0 Å². The second-order valence-electron chi connectivity index (χ2n) is 9.92. The molecule has 7 nitrogen and oxygen atoms in total. The first-order valence-corrected chi connectivity index (χ1v) is 12.9. The van der Waals surface area contributed by atoms with Gasteiger partial charge in [0, 0.05) is 30.6 Å². The van der Waals surface area contributed by atoms with E-state index in [2.05, 4.69) is 36.6 Å². The fraction of sp³-hybridized carbons (Fsp3) is 0.333. The monoisotopic (exact) mass is 497 g/mol. The van der Waals surface area contributed by atoms with Crippen molar-refractivity contribution in [3.8, 4) is 17.2 Å². The predicted molar refractivity (Wildman–Crippen MR) is 143 cm³/mol. The average Bonchev–Trinajstić information content (AvgIpc) is 3.49. The van der Waals surface area contributed by atoms with Crippen LogP contribution in [0.5, 0.6) is 17.2 Å². The van der Waals surface area contributed by atoms with Crippen LogP contribution >= 0.6 is 0 Å². The third-order valence-corrected chi connectivity index (χ3v) is 7.14. The highest BCUT2D eigenvalue weighted by molar-refractivity contribution is 5.97. The van der Waals surface area contributed by atoms with E-state index in [1.54, 1.807) is 0 Å². The van der Waals surface area contributed by atoms with E-state index in [4.69, 9.17) is 19.2 Å². The Hall–Kier alpha value is -4.00. The molecule has 190 valence electrons. The largest absolute Gasteiger partial charge is 0.492 e. The highest BCUT2D eigenvalue weighted by atomic mass is 16.6. The van der Waals surface area contributed by atoms with Crippen molar-refractivity contribution in [3.63, 3.8) is 0 Å². The molecule has 1 fully saturated rings. The highest BCUT2D eigenvalue weighted by Crippen LogP contribution is 2.38. The van der Waals surface area contributed by atoms with Crippen LogP contribution in [0.2, 0.25) is 0 Å². The maximum absolute atomic E-state index is 13.1. The van der Waals surface area contributed by atoms with Gasteiger partial charge in [0.2, 0.25) is 5.91 Å². The first-order valence-electron chi connectivity index (χ1n) is 12.9. The van der Waals surface area contributed by atoms with Crippen molar-refractivity contribution in [1.82, 2.24) is 9.55 Å². The molecule has 1 aromatic heterocycles. The van der Waals surface area contributed by atoms with Crippen molar-refractivity contribution < 1.29 is 19.0 Å². The minimum Gasteiger partial charge on any atom is -0.492 e. The smallest absolute Gasteiger partial charge is 0.227 e. The second kappa shape index (κ2) is 9.81. The molecule has 1 atom stereocenters. The number of fused-ring (bicyclic) bond motifs is 2. The van der Waals surface area contributed by atoms with Crippen molar-refractivity contribution >= 4 is 22.6 Å². The van der Waals surface area contributed by atoms with Gasteiger partial charge in [-0.2, -0.15) is 0 Å². The molecule has 0 bridgehead atoms. The van der Waals surface area contributed by atoms with Gasteiger partial charge in [0.1, 0.15) is 31.4 Å². The zero-order valence-electron chi connectivity index (χ0n) is 21.2. The minimum atomic E-state index is -0.0153. The SMILES string of the molecule is CC(C)c1ccc(OCCn2c(C3CC(=O)N(c4ccc5c(c4)OCCO5)C3)nc3ccccc32)cc1. The molecular weight excluding hydrogens is 466 g/mol. The van der Waals surface area contributed by atoms with Crippen LogP contribution in [-0.2, 0) is 11.3 Å². The summed E-state index contributed by atoms with van der Waals surface area (Å²) in [4.78, 5) is 19.9. The molecule has 7 heteroatoms. The molecule has 0 spiro atoms. The molecule has 1 saturated heterocycles. The Balaban J connectivity index is 1.22. The van der Waals surface area contributed by atoms with E-state index in [1.165, 1.54) is 5.56 Å². The number of rotatable bonds is 7. The average molecular weight is 498 g/mol. The Labute approximate surface area is 216 Å². The molecule has 4 aromatic rings. The molecule has 3 aromatic carbocycles. The van der Waals surface area contributed by atoms with Crippen LogP contribution in [0.25, 0.3) is 11.0 Å². The van der Waals surface area contributed by atoms with Crippen molar-refractivity contribution in [2.45, 2.75) is 38.6 Å². The Bertz CT molecular complexity index is 1430. The molecule has 1 amide bonds. The number of aromatic nitrogens is 2. The molecule has 2 aliphatic heterocycles. The van der Waals surface area contributed by atoms with Gasteiger partial charge in [-0.15, -0.1) is 0 Å². The summed E-state index contributed by atoms with van der Waals surface area (Å²) in [5, 5.41) is 0. The van der Waals surface area contributed by atoms with Crippen LogP contribution < -0.4 is 19.1 Å². The summed E-state index contributed by atoms with van der Waals surface area (Å²) >= 11 is 0. The quantitative estimate of drug-likeness (QED) is 0.336. The Morgan fingerprint density at radius 1 is 1.00 bits per heavy atom. The number of anilines is 1. The van der Waals surface area contributed by atoms with E-state index in [9.17, 15) is 4.79 Å². The molecule has 0 saturated carbocycles. The van der Waals surface area contributed by atoms with Crippen molar-refractivity contribution in [1.29, 1.82) is 0 Å². The lowest BCUT2D eigenvalue weighted by molar-refractivity contribution is -0.117. The Morgan fingerprint density at radius 3 is 2.59 bits per heavy atom. The van der Waals surface area contributed by atoms with Gasteiger partial charge in [-0.3, -0.25) is 4.79 Å². The van der Waals surface area contributed by atoms with Crippen molar-refractivity contribution in [2.24, 2.45) is 0 Å². The lowest BCUT2D eigenvalue weighted by Gasteiger charge is -2.22. The molecule has 3 heterocycles. The van der Waals surface area contributed by atoms with Crippen LogP contribution in [0, 0.1) is 0 Å². The van der Waals surface area contributed by atoms with Crippen molar-refractivity contribution in [2.75, 3.05) is 31.3 Å². The molecule has 0 radical (unpaired) electrons. The first kappa shape index (κ1) is 23.4. The van der Waals surface area contributed by atoms with E-state index in [-0.39, 0.29) is 11.8 Å². The summed E-state index contributed by atoms with van der Waals surface area (Å²) in [6.45, 7) is 7.16. The number of amides is 1. The number of benzene rings is 3. The molecule has 37 heavy (non-hydrogen) atoms. The number of carbonyl (C=O) groups excluding carboxylic acids is 1. The van der Waals surface area contributed by atoms with Gasteiger partial charge in [0.05, 0.1) is 17.6 Å². The summed E-state index contributed by atoms with van der Waals surface area (Å²) in [6.07, 6.45) is 0.412. The number of hydrogen-bond acceptors (Lipinski definition) is 5. The highest BCUT2D eigenvalue weighted by Gasteiger charge is 2.35. The number of ether oxygens (including phenoxy) is 3. The molecule has 2 aliphatic rings. The van der Waals surface area contributed by atoms with E-state index >= 15 is 0 Å². The maximum Gasteiger partial charge on any atom is 0.227 e. The summed E-state index contributed by atoms with van der Waals surface area (Å²) < 4.78 is 19.7. The van der Waals surface area contributed by atoms with Gasteiger partial charge in [-0.25, -0.2) is 4.98 Å². The fourth-order valence-corrected chi connectivity index (χ4v) is 5.17. The minimum absolute atomic E-state index is 0.0153. The lowest BCUT2D eigenvalue weighted by atomic mass is 10.0. The summed E-state index contributed by atoms with van der Waals surface area (Å²) in [7, 11) is 0. The molecule has 0 aliphatic carbocycles. The fourth-order valence-electron chi connectivity index (χ4n) is 5.17. The molecule has 1 unspecified atom stereocenters. The third kappa shape index (κ3) is 4.61. The number of imidazole rings is 1. The van der Waals surface area contributed by atoms with Gasteiger partial charge in [-0.1, -0.05) is 38.1 Å². The summed E-state index contributed by atoms with van der Waals surface area (Å²) in [5.41, 5.74) is 4.11. The van der Waals surface area contributed by atoms with Gasteiger partial charge in [0.15, 0.2) is 11.5 Å². The van der Waals surface area contributed by atoms with Gasteiger partial charge in [0.25, 0.3) is 0 Å². The third-order valence-electron chi connectivity index (χ3n) is 7.14. The summed E-state index contributed by atoms with van der Waals surface area (Å²) in [6, 6.07) is 22.1. The normalized spacial score (nSPS) is 17.1. The number of para-hydroxylation sites is 2. The standard InChI is InChI=1S/C30H31N3O4/c1-20(2)21-7-10-24(11-8-21)35-14-13-32-26-6-4-3-5-25(26)31-30(32)22-17-29(34)33(19-22)23-9-12-27-28(18-23)37-16-15-36-27/h3-12,18,20,22H,13-17,19H2,1-2H3. The first-order chi connectivity index (χ1) is 18.1.